The number of rotatable bonds is 5. The second-order valence-electron chi connectivity index (χ2n) is 7.34. The van der Waals surface area contributed by atoms with Gasteiger partial charge in [-0.15, -0.1) is 11.8 Å². The maximum Gasteiger partial charge on any atom is 0.132 e. The minimum absolute atomic E-state index is 0.0751. The van der Waals surface area contributed by atoms with Gasteiger partial charge in [-0.05, 0) is 63.1 Å². The number of fused-ring (bicyclic) bond motifs is 2. The molecule has 2 nitrogen and oxygen atoms in total. The summed E-state index contributed by atoms with van der Waals surface area (Å²) in [5, 5.41) is 1.20. The molecule has 4 rings (SSSR count). The maximum atomic E-state index is 13.7. The van der Waals surface area contributed by atoms with Crippen LogP contribution < -0.4 is 4.74 Å². The minimum Gasteiger partial charge on any atom is -0.489 e. The predicted octanol–water partition coefficient (Wildman–Crippen LogP) is 5.91. The summed E-state index contributed by atoms with van der Waals surface area (Å²) >= 11 is 8.29. The summed E-state index contributed by atoms with van der Waals surface area (Å²) in [5.74, 6) is -0.703. The van der Waals surface area contributed by atoms with Crippen molar-refractivity contribution in [1.29, 1.82) is 0 Å². The van der Waals surface area contributed by atoms with Crippen LogP contribution in [0, 0.1) is 11.6 Å². The van der Waals surface area contributed by atoms with E-state index in [1.54, 1.807) is 6.07 Å². The van der Waals surface area contributed by atoms with E-state index in [4.69, 9.17) is 16.3 Å². The Labute approximate surface area is 167 Å². The van der Waals surface area contributed by atoms with Crippen molar-refractivity contribution in [3.8, 4) is 5.75 Å². The fourth-order valence-corrected chi connectivity index (χ4v) is 5.75. The predicted molar refractivity (Wildman–Crippen MR) is 106 cm³/mol. The van der Waals surface area contributed by atoms with E-state index in [0.717, 1.165) is 4.90 Å². The smallest absolute Gasteiger partial charge is 0.132 e. The van der Waals surface area contributed by atoms with Crippen LogP contribution in [0.3, 0.4) is 0 Å². The van der Waals surface area contributed by atoms with Gasteiger partial charge in [-0.3, -0.25) is 0 Å². The van der Waals surface area contributed by atoms with E-state index in [1.165, 1.54) is 43.9 Å². The molecule has 0 radical (unpaired) electrons. The largest absolute Gasteiger partial charge is 0.489 e. The first-order valence-corrected chi connectivity index (χ1v) is 10.5. The number of benzene rings is 2. The van der Waals surface area contributed by atoms with Crippen LogP contribution >= 0.6 is 23.4 Å². The number of halogens is 3. The number of thioether (sulfide) groups is 1. The SMILES string of the molecule is CN1C2CCC1CC(Sc1ccc(OCc3c(F)cccc3F)cc1Cl)C2. The van der Waals surface area contributed by atoms with Crippen molar-refractivity contribution in [2.45, 2.75) is 54.5 Å². The first-order chi connectivity index (χ1) is 13.0. The third-order valence-corrected chi connectivity index (χ3v) is 7.45. The third-order valence-electron chi connectivity index (χ3n) is 5.70. The lowest BCUT2D eigenvalue weighted by molar-refractivity contribution is 0.183. The first kappa shape index (κ1) is 19.0. The number of nitrogens with zero attached hydrogens (tertiary/aromatic N) is 1. The Bertz CT molecular complexity index is 800. The number of piperidine rings is 1. The quantitative estimate of drug-likeness (QED) is 0.608. The van der Waals surface area contributed by atoms with Crippen molar-refractivity contribution < 1.29 is 13.5 Å². The normalized spacial score (nSPS) is 25.0. The van der Waals surface area contributed by atoms with Crippen LogP contribution in [-0.4, -0.2) is 29.3 Å². The second-order valence-corrected chi connectivity index (χ2v) is 9.09. The van der Waals surface area contributed by atoms with Crippen LogP contribution in [-0.2, 0) is 6.61 Å². The molecule has 2 atom stereocenters. The van der Waals surface area contributed by atoms with Crippen LogP contribution in [0.1, 0.15) is 31.2 Å². The zero-order valence-electron chi connectivity index (χ0n) is 15.1. The van der Waals surface area contributed by atoms with Gasteiger partial charge in [0.15, 0.2) is 0 Å². The van der Waals surface area contributed by atoms with Gasteiger partial charge >= 0.3 is 0 Å². The number of hydrogen-bond acceptors (Lipinski definition) is 3. The van der Waals surface area contributed by atoms with Crippen LogP contribution in [0.4, 0.5) is 8.78 Å². The van der Waals surface area contributed by atoms with Gasteiger partial charge in [0.2, 0.25) is 0 Å². The number of hydrogen-bond donors (Lipinski definition) is 0. The molecule has 2 aliphatic rings. The van der Waals surface area contributed by atoms with E-state index >= 15 is 0 Å². The highest BCUT2D eigenvalue weighted by Crippen LogP contribution is 2.43. The molecule has 6 heteroatoms. The van der Waals surface area contributed by atoms with Gasteiger partial charge < -0.3 is 9.64 Å². The summed E-state index contributed by atoms with van der Waals surface area (Å²) in [4.78, 5) is 3.56. The lowest BCUT2D eigenvalue weighted by Gasteiger charge is -2.36. The molecule has 144 valence electrons. The summed E-state index contributed by atoms with van der Waals surface area (Å²) in [6.07, 6.45) is 4.98. The highest BCUT2D eigenvalue weighted by atomic mass is 35.5. The van der Waals surface area contributed by atoms with E-state index in [1.807, 2.05) is 23.9 Å². The molecule has 2 aliphatic heterocycles. The Balaban J connectivity index is 1.39. The molecular weight excluding hydrogens is 388 g/mol. The van der Waals surface area contributed by atoms with Crippen LogP contribution in [0.25, 0.3) is 0 Å². The average molecular weight is 410 g/mol. The standard InChI is InChI=1S/C21H22ClF2NOS/c1-25-13-5-6-14(25)10-16(9-13)27-21-8-7-15(11-18(21)22)26-12-17-19(23)3-2-4-20(17)24/h2-4,7-8,11,13-14,16H,5-6,9-10,12H2,1H3. The molecule has 0 spiro atoms. The Kier molecular flexibility index (Phi) is 5.62. The lowest BCUT2D eigenvalue weighted by atomic mass is 10.0. The van der Waals surface area contributed by atoms with Gasteiger partial charge in [0, 0.05) is 22.2 Å². The molecule has 2 aromatic carbocycles. The van der Waals surface area contributed by atoms with Crippen molar-refractivity contribution in [3.05, 3.63) is 58.6 Å². The van der Waals surface area contributed by atoms with Crippen molar-refractivity contribution in [1.82, 2.24) is 4.90 Å². The van der Waals surface area contributed by atoms with Gasteiger partial charge in [0.05, 0.1) is 10.6 Å². The number of ether oxygens (including phenoxy) is 1. The zero-order chi connectivity index (χ0) is 19.0. The van der Waals surface area contributed by atoms with Crippen molar-refractivity contribution >= 4 is 23.4 Å². The fraction of sp³-hybridized carbons (Fsp3) is 0.429. The van der Waals surface area contributed by atoms with Gasteiger partial charge in [-0.25, -0.2) is 8.78 Å². The molecule has 0 amide bonds. The van der Waals surface area contributed by atoms with Crippen LogP contribution in [0.15, 0.2) is 41.3 Å². The van der Waals surface area contributed by atoms with Crippen LogP contribution in [0.2, 0.25) is 5.02 Å². The Morgan fingerprint density at radius 2 is 1.78 bits per heavy atom. The fourth-order valence-electron chi connectivity index (χ4n) is 4.13. The molecule has 0 aromatic heterocycles. The molecule has 0 N–H and O–H groups in total. The van der Waals surface area contributed by atoms with Gasteiger partial charge in [-0.1, -0.05) is 17.7 Å². The molecule has 27 heavy (non-hydrogen) atoms. The summed E-state index contributed by atoms with van der Waals surface area (Å²) in [7, 11) is 2.24. The Hall–Kier alpha value is -1.30. The van der Waals surface area contributed by atoms with Gasteiger partial charge in [0.1, 0.15) is 24.0 Å². The van der Waals surface area contributed by atoms with E-state index < -0.39 is 11.6 Å². The highest BCUT2D eigenvalue weighted by Gasteiger charge is 2.38. The minimum atomic E-state index is -0.606. The topological polar surface area (TPSA) is 12.5 Å². The van der Waals surface area contributed by atoms with E-state index in [0.29, 0.717) is 28.1 Å². The van der Waals surface area contributed by atoms with E-state index in [2.05, 4.69) is 11.9 Å². The van der Waals surface area contributed by atoms with E-state index in [-0.39, 0.29) is 12.2 Å². The maximum absolute atomic E-state index is 13.7. The first-order valence-electron chi connectivity index (χ1n) is 9.25. The Morgan fingerprint density at radius 1 is 1.11 bits per heavy atom. The molecule has 0 aliphatic carbocycles. The summed E-state index contributed by atoms with van der Waals surface area (Å²) in [6, 6.07) is 10.7. The third kappa shape index (κ3) is 4.10. The molecule has 2 bridgehead atoms. The lowest BCUT2D eigenvalue weighted by Crippen LogP contribution is -2.40. The summed E-state index contributed by atoms with van der Waals surface area (Å²) in [6.45, 7) is -0.167. The highest BCUT2D eigenvalue weighted by molar-refractivity contribution is 8.00. The molecular formula is C21H22ClF2NOS. The monoisotopic (exact) mass is 409 g/mol. The molecule has 0 saturated carbocycles. The zero-order valence-corrected chi connectivity index (χ0v) is 16.7. The molecule has 2 fully saturated rings. The van der Waals surface area contributed by atoms with Gasteiger partial charge in [-0.2, -0.15) is 0 Å². The van der Waals surface area contributed by atoms with Crippen molar-refractivity contribution in [2.24, 2.45) is 0 Å². The average Bonchev–Trinajstić information content (AvgIpc) is 2.85. The molecule has 2 saturated heterocycles. The van der Waals surface area contributed by atoms with Gasteiger partial charge in [0.25, 0.3) is 0 Å². The summed E-state index contributed by atoms with van der Waals surface area (Å²) < 4.78 is 33.0. The molecule has 2 unspecified atom stereocenters. The van der Waals surface area contributed by atoms with E-state index in [9.17, 15) is 8.78 Å². The molecule has 2 aromatic rings. The van der Waals surface area contributed by atoms with Crippen molar-refractivity contribution in [3.63, 3.8) is 0 Å². The second kappa shape index (κ2) is 7.98. The van der Waals surface area contributed by atoms with Crippen molar-refractivity contribution in [2.75, 3.05) is 7.05 Å². The molecule has 2 heterocycles. The summed E-state index contributed by atoms with van der Waals surface area (Å²) in [5.41, 5.74) is -0.0751. The Morgan fingerprint density at radius 3 is 2.41 bits per heavy atom. The van der Waals surface area contributed by atoms with Crippen LogP contribution in [0.5, 0.6) is 5.75 Å².